The van der Waals surface area contributed by atoms with Crippen LogP contribution in [0.25, 0.3) is 5.69 Å². The number of carbonyl (C=O) groups excluding carboxylic acids is 1. The standard InChI is InChI=1S/C23H25ClN4O/c1-17-23(18(2)28(25-17)20-9-4-3-5-10-20)27-14-12-26(13-15-27)22(29)16-19-8-6-7-11-21(19)24/h3-11H,12-16H2,1-2H3. The number of piperazine rings is 1. The zero-order valence-corrected chi connectivity index (χ0v) is 17.6. The van der Waals surface area contributed by atoms with Gasteiger partial charge in [0.25, 0.3) is 0 Å². The van der Waals surface area contributed by atoms with Gasteiger partial charge in [0.1, 0.15) is 0 Å². The minimum absolute atomic E-state index is 0.131. The van der Waals surface area contributed by atoms with Crippen molar-refractivity contribution >= 4 is 23.2 Å². The highest BCUT2D eigenvalue weighted by atomic mass is 35.5. The van der Waals surface area contributed by atoms with E-state index in [0.717, 1.165) is 35.7 Å². The minimum Gasteiger partial charge on any atom is -0.365 e. The normalized spacial score (nSPS) is 14.3. The molecule has 4 rings (SSSR count). The molecule has 0 bridgehead atoms. The second-order valence-corrected chi connectivity index (χ2v) is 7.81. The lowest BCUT2D eigenvalue weighted by atomic mass is 10.1. The van der Waals surface area contributed by atoms with Gasteiger partial charge >= 0.3 is 0 Å². The van der Waals surface area contributed by atoms with E-state index in [0.29, 0.717) is 24.5 Å². The number of para-hydroxylation sites is 1. The molecule has 150 valence electrons. The molecular weight excluding hydrogens is 384 g/mol. The third-order valence-electron chi connectivity index (χ3n) is 5.50. The third kappa shape index (κ3) is 4.01. The van der Waals surface area contributed by atoms with Gasteiger partial charge in [-0.25, -0.2) is 4.68 Å². The van der Waals surface area contributed by atoms with Crippen molar-refractivity contribution in [2.24, 2.45) is 0 Å². The van der Waals surface area contributed by atoms with Crippen molar-refractivity contribution in [1.29, 1.82) is 0 Å². The van der Waals surface area contributed by atoms with Crippen molar-refractivity contribution in [2.75, 3.05) is 31.1 Å². The summed E-state index contributed by atoms with van der Waals surface area (Å²) in [6.45, 7) is 7.18. The molecule has 3 aromatic rings. The summed E-state index contributed by atoms with van der Waals surface area (Å²) in [6, 6.07) is 17.7. The van der Waals surface area contributed by atoms with Gasteiger partial charge < -0.3 is 9.80 Å². The average molecular weight is 409 g/mol. The SMILES string of the molecule is Cc1nn(-c2ccccc2)c(C)c1N1CCN(C(=O)Cc2ccccc2Cl)CC1. The second-order valence-electron chi connectivity index (χ2n) is 7.40. The molecule has 0 radical (unpaired) electrons. The molecule has 0 aliphatic carbocycles. The van der Waals surface area contributed by atoms with Crippen molar-refractivity contribution in [2.45, 2.75) is 20.3 Å². The summed E-state index contributed by atoms with van der Waals surface area (Å²) in [5.74, 6) is 0.131. The Kier molecular flexibility index (Phi) is 5.58. The van der Waals surface area contributed by atoms with Gasteiger partial charge in [-0.05, 0) is 37.6 Å². The van der Waals surface area contributed by atoms with E-state index in [4.69, 9.17) is 16.7 Å². The lowest BCUT2D eigenvalue weighted by Gasteiger charge is -2.36. The molecule has 1 amide bonds. The molecule has 1 fully saturated rings. The fourth-order valence-electron chi connectivity index (χ4n) is 4.01. The van der Waals surface area contributed by atoms with Gasteiger partial charge in [-0.15, -0.1) is 0 Å². The molecule has 0 atom stereocenters. The lowest BCUT2D eigenvalue weighted by Crippen LogP contribution is -2.49. The van der Waals surface area contributed by atoms with Crippen LogP contribution in [0.15, 0.2) is 54.6 Å². The highest BCUT2D eigenvalue weighted by molar-refractivity contribution is 6.31. The van der Waals surface area contributed by atoms with Crippen molar-refractivity contribution in [1.82, 2.24) is 14.7 Å². The Balaban J connectivity index is 1.44. The number of hydrogen-bond acceptors (Lipinski definition) is 3. The summed E-state index contributed by atoms with van der Waals surface area (Å²) < 4.78 is 2.00. The first-order valence-electron chi connectivity index (χ1n) is 9.92. The van der Waals surface area contributed by atoms with Crippen LogP contribution in [0, 0.1) is 13.8 Å². The smallest absolute Gasteiger partial charge is 0.227 e. The molecule has 1 aliphatic heterocycles. The van der Waals surface area contributed by atoms with Crippen LogP contribution in [0.2, 0.25) is 5.02 Å². The average Bonchev–Trinajstić information content (AvgIpc) is 3.04. The summed E-state index contributed by atoms with van der Waals surface area (Å²) in [5.41, 5.74) is 5.27. The number of benzene rings is 2. The fourth-order valence-corrected chi connectivity index (χ4v) is 4.21. The van der Waals surface area contributed by atoms with Crippen LogP contribution in [-0.4, -0.2) is 46.8 Å². The Labute approximate surface area is 176 Å². The fraction of sp³-hybridized carbons (Fsp3) is 0.304. The van der Waals surface area contributed by atoms with Crippen molar-refractivity contribution in [3.05, 3.63) is 76.6 Å². The monoisotopic (exact) mass is 408 g/mol. The van der Waals surface area contributed by atoms with Crippen LogP contribution in [0.5, 0.6) is 0 Å². The molecule has 0 spiro atoms. The Bertz CT molecular complexity index is 1010. The molecule has 2 aromatic carbocycles. The molecule has 1 saturated heterocycles. The summed E-state index contributed by atoms with van der Waals surface area (Å²) >= 11 is 6.21. The quantitative estimate of drug-likeness (QED) is 0.654. The van der Waals surface area contributed by atoms with E-state index in [2.05, 4.69) is 30.9 Å². The van der Waals surface area contributed by atoms with Gasteiger partial charge in [-0.2, -0.15) is 5.10 Å². The summed E-state index contributed by atoms with van der Waals surface area (Å²) in [4.78, 5) is 17.0. The first kappa shape index (κ1) is 19.5. The molecule has 6 heteroatoms. The molecular formula is C23H25ClN4O. The van der Waals surface area contributed by atoms with Crippen molar-refractivity contribution < 1.29 is 4.79 Å². The number of rotatable bonds is 4. The van der Waals surface area contributed by atoms with Crippen molar-refractivity contribution in [3.63, 3.8) is 0 Å². The van der Waals surface area contributed by atoms with E-state index in [1.165, 1.54) is 5.69 Å². The van der Waals surface area contributed by atoms with E-state index < -0.39 is 0 Å². The number of hydrogen-bond donors (Lipinski definition) is 0. The Hall–Kier alpha value is -2.79. The summed E-state index contributed by atoms with van der Waals surface area (Å²) in [6.07, 6.45) is 0.351. The third-order valence-corrected chi connectivity index (χ3v) is 5.87. The Morgan fingerprint density at radius 1 is 0.966 bits per heavy atom. The maximum absolute atomic E-state index is 12.7. The van der Waals surface area contributed by atoms with Gasteiger partial charge in [0, 0.05) is 31.2 Å². The summed E-state index contributed by atoms with van der Waals surface area (Å²) in [5, 5.41) is 5.41. The molecule has 0 saturated carbocycles. The van der Waals surface area contributed by atoms with E-state index in [1.807, 2.05) is 52.0 Å². The Morgan fingerprint density at radius 3 is 2.31 bits per heavy atom. The van der Waals surface area contributed by atoms with Gasteiger partial charge in [0.15, 0.2) is 0 Å². The minimum atomic E-state index is 0.131. The topological polar surface area (TPSA) is 41.4 Å². The maximum Gasteiger partial charge on any atom is 0.227 e. The molecule has 29 heavy (non-hydrogen) atoms. The number of aromatic nitrogens is 2. The molecule has 1 aromatic heterocycles. The highest BCUT2D eigenvalue weighted by Gasteiger charge is 2.25. The van der Waals surface area contributed by atoms with Crippen molar-refractivity contribution in [3.8, 4) is 5.69 Å². The van der Waals surface area contributed by atoms with Crippen LogP contribution in [0.1, 0.15) is 17.0 Å². The van der Waals surface area contributed by atoms with Gasteiger partial charge in [-0.1, -0.05) is 48.0 Å². The lowest BCUT2D eigenvalue weighted by molar-refractivity contribution is -0.130. The van der Waals surface area contributed by atoms with E-state index in [1.54, 1.807) is 0 Å². The number of aryl methyl sites for hydroxylation is 1. The van der Waals surface area contributed by atoms with Crippen LogP contribution in [0.4, 0.5) is 5.69 Å². The number of amides is 1. The number of nitrogens with zero attached hydrogens (tertiary/aromatic N) is 4. The molecule has 5 nitrogen and oxygen atoms in total. The molecule has 2 heterocycles. The number of halogens is 1. The first-order valence-corrected chi connectivity index (χ1v) is 10.3. The van der Waals surface area contributed by atoms with E-state index in [9.17, 15) is 4.79 Å². The molecule has 0 N–H and O–H groups in total. The predicted molar refractivity (Wildman–Crippen MR) is 117 cm³/mol. The van der Waals surface area contributed by atoms with Crippen LogP contribution >= 0.6 is 11.6 Å². The van der Waals surface area contributed by atoms with E-state index in [-0.39, 0.29) is 5.91 Å². The van der Waals surface area contributed by atoms with Gasteiger partial charge in [0.05, 0.1) is 29.2 Å². The predicted octanol–water partition coefficient (Wildman–Crippen LogP) is 4.03. The largest absolute Gasteiger partial charge is 0.365 e. The Morgan fingerprint density at radius 2 is 1.62 bits per heavy atom. The first-order chi connectivity index (χ1) is 14.0. The summed E-state index contributed by atoms with van der Waals surface area (Å²) in [7, 11) is 0. The second kappa shape index (κ2) is 8.29. The van der Waals surface area contributed by atoms with Crippen LogP contribution in [-0.2, 0) is 11.2 Å². The van der Waals surface area contributed by atoms with Crippen LogP contribution in [0.3, 0.4) is 0 Å². The molecule has 1 aliphatic rings. The maximum atomic E-state index is 12.7. The molecule has 0 unspecified atom stereocenters. The van der Waals surface area contributed by atoms with Gasteiger partial charge in [0.2, 0.25) is 5.91 Å². The zero-order chi connectivity index (χ0) is 20.4. The number of carbonyl (C=O) groups is 1. The van der Waals surface area contributed by atoms with Crippen LogP contribution < -0.4 is 4.90 Å². The number of anilines is 1. The van der Waals surface area contributed by atoms with Gasteiger partial charge in [-0.3, -0.25) is 4.79 Å². The van der Waals surface area contributed by atoms with E-state index >= 15 is 0 Å². The zero-order valence-electron chi connectivity index (χ0n) is 16.8. The highest BCUT2D eigenvalue weighted by Crippen LogP contribution is 2.28.